The Morgan fingerprint density at radius 2 is 1.58 bits per heavy atom. The van der Waals surface area contributed by atoms with Crippen LogP contribution < -0.4 is 9.64 Å². The van der Waals surface area contributed by atoms with Crippen LogP contribution in [0, 0.1) is 12.8 Å². The number of benzene rings is 3. The first-order valence-electron chi connectivity index (χ1n) is 11.8. The molecule has 1 saturated heterocycles. The first-order chi connectivity index (χ1) is 17.4. The summed E-state index contributed by atoms with van der Waals surface area (Å²) < 4.78 is 10.6. The molecule has 1 aliphatic rings. The van der Waals surface area contributed by atoms with Gasteiger partial charge in [0.05, 0.1) is 11.5 Å². The normalized spacial score (nSPS) is 15.0. The van der Waals surface area contributed by atoms with Gasteiger partial charge in [-0.3, -0.25) is 14.4 Å². The van der Waals surface area contributed by atoms with Gasteiger partial charge in [0, 0.05) is 24.2 Å². The smallest absolute Gasteiger partial charge is 0.343 e. The van der Waals surface area contributed by atoms with Gasteiger partial charge in [-0.25, -0.2) is 4.79 Å². The number of esters is 2. The molecule has 1 fully saturated rings. The van der Waals surface area contributed by atoms with Gasteiger partial charge in [0.1, 0.15) is 5.75 Å². The number of hydrogen-bond acceptors (Lipinski definition) is 6. The molecule has 0 bridgehead atoms. The monoisotopic (exact) mass is 485 g/mol. The maximum atomic E-state index is 12.6. The van der Waals surface area contributed by atoms with E-state index in [0.29, 0.717) is 16.9 Å². The van der Waals surface area contributed by atoms with E-state index in [1.54, 1.807) is 17.0 Å². The topological polar surface area (TPSA) is 90.0 Å². The van der Waals surface area contributed by atoms with Gasteiger partial charge < -0.3 is 14.4 Å². The van der Waals surface area contributed by atoms with Gasteiger partial charge in [0.2, 0.25) is 5.91 Å². The van der Waals surface area contributed by atoms with Gasteiger partial charge in [-0.05, 0) is 61.4 Å². The van der Waals surface area contributed by atoms with Crippen LogP contribution in [0.25, 0.3) is 0 Å². The molecule has 7 heteroatoms. The molecule has 1 amide bonds. The number of ketones is 1. The van der Waals surface area contributed by atoms with E-state index >= 15 is 0 Å². The number of carbonyl (C=O) groups excluding carboxylic acids is 4. The first kappa shape index (κ1) is 24.9. The van der Waals surface area contributed by atoms with Crippen molar-refractivity contribution in [1.29, 1.82) is 0 Å². The van der Waals surface area contributed by atoms with E-state index < -0.39 is 30.2 Å². The Morgan fingerprint density at radius 1 is 0.917 bits per heavy atom. The van der Waals surface area contributed by atoms with Crippen molar-refractivity contribution in [3.8, 4) is 5.75 Å². The van der Waals surface area contributed by atoms with E-state index in [2.05, 4.69) is 0 Å². The summed E-state index contributed by atoms with van der Waals surface area (Å²) in [6, 6.07) is 20.7. The van der Waals surface area contributed by atoms with Crippen molar-refractivity contribution < 1.29 is 28.7 Å². The molecule has 0 unspecified atom stereocenters. The van der Waals surface area contributed by atoms with Crippen molar-refractivity contribution in [3.05, 3.63) is 95.1 Å². The summed E-state index contributed by atoms with van der Waals surface area (Å²) in [5, 5.41) is 0. The Labute approximate surface area is 209 Å². The largest absolute Gasteiger partial charge is 0.457 e. The number of carbonyl (C=O) groups is 4. The Bertz CT molecular complexity index is 1280. The Kier molecular flexibility index (Phi) is 7.59. The highest BCUT2D eigenvalue weighted by Gasteiger charge is 2.37. The van der Waals surface area contributed by atoms with E-state index in [1.165, 1.54) is 24.3 Å². The van der Waals surface area contributed by atoms with Crippen LogP contribution in [0.5, 0.6) is 5.75 Å². The van der Waals surface area contributed by atoms with E-state index in [0.717, 1.165) is 23.2 Å². The molecule has 0 aromatic heterocycles. The van der Waals surface area contributed by atoms with E-state index in [4.69, 9.17) is 9.47 Å². The average Bonchev–Trinajstić information content (AvgIpc) is 3.29. The summed E-state index contributed by atoms with van der Waals surface area (Å²) in [5.74, 6) is -1.93. The summed E-state index contributed by atoms with van der Waals surface area (Å²) >= 11 is 0. The van der Waals surface area contributed by atoms with Gasteiger partial charge in [0.25, 0.3) is 0 Å². The van der Waals surface area contributed by atoms with Crippen LogP contribution in [0.3, 0.4) is 0 Å². The second-order valence-corrected chi connectivity index (χ2v) is 8.70. The molecule has 3 aromatic rings. The Morgan fingerprint density at radius 3 is 2.28 bits per heavy atom. The number of para-hydroxylation sites is 1. The van der Waals surface area contributed by atoms with Gasteiger partial charge in [-0.2, -0.15) is 0 Å². The predicted molar refractivity (Wildman–Crippen MR) is 134 cm³/mol. The summed E-state index contributed by atoms with van der Waals surface area (Å²) in [4.78, 5) is 51.5. The fraction of sp³-hybridized carbons (Fsp3) is 0.241. The van der Waals surface area contributed by atoms with E-state index in [1.807, 2.05) is 50.2 Å². The minimum absolute atomic E-state index is 0.0477. The van der Waals surface area contributed by atoms with Crippen LogP contribution in [0.4, 0.5) is 5.69 Å². The first-order valence-corrected chi connectivity index (χ1v) is 11.8. The van der Waals surface area contributed by atoms with Crippen LogP contribution in [-0.4, -0.2) is 36.8 Å². The third-order valence-electron chi connectivity index (χ3n) is 6.14. The van der Waals surface area contributed by atoms with Gasteiger partial charge in [-0.1, -0.05) is 42.8 Å². The number of rotatable bonds is 8. The lowest BCUT2D eigenvalue weighted by atomic mass is 10.1. The molecular formula is C29H27NO6. The molecule has 0 spiro atoms. The Balaban J connectivity index is 1.30. The number of amides is 1. The molecule has 0 saturated carbocycles. The van der Waals surface area contributed by atoms with Crippen molar-refractivity contribution in [1.82, 2.24) is 0 Å². The maximum Gasteiger partial charge on any atom is 0.343 e. The fourth-order valence-corrected chi connectivity index (χ4v) is 4.07. The zero-order valence-corrected chi connectivity index (χ0v) is 20.2. The van der Waals surface area contributed by atoms with Crippen LogP contribution in [0.1, 0.15) is 45.2 Å². The highest BCUT2D eigenvalue weighted by Crippen LogP contribution is 2.29. The molecule has 0 aliphatic carbocycles. The third-order valence-corrected chi connectivity index (χ3v) is 6.14. The molecular weight excluding hydrogens is 458 g/mol. The second kappa shape index (κ2) is 11.0. The SMILES string of the molecule is CCc1ccccc1N1C[C@@H](C(=O)OCC(=O)c2ccc(OC(=O)c3ccc(C)cc3)cc2)CC1=O. The average molecular weight is 486 g/mol. The molecule has 184 valence electrons. The molecule has 4 rings (SSSR count). The van der Waals surface area contributed by atoms with Gasteiger partial charge in [-0.15, -0.1) is 0 Å². The Hall–Kier alpha value is -4.26. The number of aryl methyl sites for hydroxylation is 2. The van der Waals surface area contributed by atoms with Crippen molar-refractivity contribution in [3.63, 3.8) is 0 Å². The van der Waals surface area contributed by atoms with Crippen molar-refractivity contribution >= 4 is 29.3 Å². The summed E-state index contributed by atoms with van der Waals surface area (Å²) in [7, 11) is 0. The van der Waals surface area contributed by atoms with E-state index in [9.17, 15) is 19.2 Å². The predicted octanol–water partition coefficient (Wildman–Crippen LogP) is 4.56. The van der Waals surface area contributed by atoms with Crippen molar-refractivity contribution in [2.24, 2.45) is 5.92 Å². The van der Waals surface area contributed by atoms with Gasteiger partial charge >= 0.3 is 11.9 Å². The molecule has 3 aromatic carbocycles. The zero-order chi connectivity index (χ0) is 25.7. The quantitative estimate of drug-likeness (QED) is 0.264. The fourth-order valence-electron chi connectivity index (χ4n) is 4.07. The summed E-state index contributed by atoms with van der Waals surface area (Å²) in [6.45, 7) is 3.73. The number of Topliss-reactive ketones (excluding diaryl/α,β-unsaturated/α-hetero) is 1. The molecule has 0 N–H and O–H groups in total. The van der Waals surface area contributed by atoms with Crippen molar-refractivity contribution in [2.75, 3.05) is 18.1 Å². The lowest BCUT2D eigenvalue weighted by Crippen LogP contribution is -2.28. The molecule has 1 aliphatic heterocycles. The van der Waals surface area contributed by atoms with Crippen LogP contribution in [-0.2, 0) is 20.7 Å². The minimum Gasteiger partial charge on any atom is -0.457 e. The van der Waals surface area contributed by atoms with E-state index in [-0.39, 0.29) is 18.9 Å². The summed E-state index contributed by atoms with van der Waals surface area (Å²) in [6.07, 6.45) is 0.819. The lowest BCUT2D eigenvalue weighted by molar-refractivity contribution is -0.147. The standard InChI is InChI=1S/C29H27NO6/c1-3-20-6-4-5-7-25(20)30-17-23(16-27(30)32)28(33)35-18-26(31)21-12-14-24(15-13-21)36-29(34)22-10-8-19(2)9-11-22/h4-15,23H,3,16-18H2,1-2H3/t23-/m0/s1. The number of anilines is 1. The number of hydrogen-bond donors (Lipinski definition) is 0. The molecule has 1 heterocycles. The third kappa shape index (κ3) is 5.68. The summed E-state index contributed by atoms with van der Waals surface area (Å²) in [5.41, 5.74) is 3.62. The lowest BCUT2D eigenvalue weighted by Gasteiger charge is -2.19. The van der Waals surface area contributed by atoms with Crippen molar-refractivity contribution in [2.45, 2.75) is 26.7 Å². The zero-order valence-electron chi connectivity index (χ0n) is 20.2. The van der Waals surface area contributed by atoms with Gasteiger partial charge in [0.15, 0.2) is 12.4 Å². The maximum absolute atomic E-state index is 12.6. The minimum atomic E-state index is -0.626. The highest BCUT2D eigenvalue weighted by molar-refractivity contribution is 6.01. The number of ether oxygens (including phenoxy) is 2. The van der Waals surface area contributed by atoms with Crippen LogP contribution >= 0.6 is 0 Å². The highest BCUT2D eigenvalue weighted by atomic mass is 16.5. The molecule has 0 radical (unpaired) electrons. The number of nitrogens with zero attached hydrogens (tertiary/aromatic N) is 1. The van der Waals surface area contributed by atoms with Crippen LogP contribution in [0.2, 0.25) is 0 Å². The second-order valence-electron chi connectivity index (χ2n) is 8.70. The molecule has 36 heavy (non-hydrogen) atoms. The molecule has 1 atom stereocenters. The molecule has 7 nitrogen and oxygen atoms in total. The van der Waals surface area contributed by atoms with Crippen LogP contribution in [0.15, 0.2) is 72.8 Å².